The molecule has 2 saturated heterocycles. The van der Waals surface area contributed by atoms with Crippen molar-refractivity contribution in [1.82, 2.24) is 9.80 Å². The number of hydrogen-bond donors (Lipinski definition) is 0. The second-order valence-electron chi connectivity index (χ2n) is 7.71. The van der Waals surface area contributed by atoms with Gasteiger partial charge < -0.3 is 14.4 Å². The predicted molar refractivity (Wildman–Crippen MR) is 103 cm³/mol. The maximum Gasteiger partial charge on any atom is 0.225 e. The van der Waals surface area contributed by atoms with Crippen LogP contribution in [0.1, 0.15) is 38.2 Å². The summed E-state index contributed by atoms with van der Waals surface area (Å²) in [6, 6.07) is 6.02. The first-order valence-electron chi connectivity index (χ1n) is 9.83. The van der Waals surface area contributed by atoms with E-state index in [0.717, 1.165) is 81.4 Å². The van der Waals surface area contributed by atoms with E-state index in [1.54, 1.807) is 14.2 Å². The molecule has 0 radical (unpaired) electrons. The molecule has 144 valence electrons. The van der Waals surface area contributed by atoms with Gasteiger partial charge in [0, 0.05) is 31.1 Å². The summed E-state index contributed by atoms with van der Waals surface area (Å²) >= 11 is 0. The van der Waals surface area contributed by atoms with Gasteiger partial charge in [-0.2, -0.15) is 0 Å². The predicted octanol–water partition coefficient (Wildman–Crippen LogP) is 3.17. The summed E-state index contributed by atoms with van der Waals surface area (Å²) in [5, 5.41) is 0. The van der Waals surface area contributed by atoms with E-state index in [2.05, 4.69) is 22.8 Å². The fourth-order valence-corrected chi connectivity index (χ4v) is 4.14. The third kappa shape index (κ3) is 4.32. The van der Waals surface area contributed by atoms with E-state index in [1.165, 1.54) is 0 Å². The SMILES string of the molecule is COc1cccc(CN2CCC(C(=O)N3CCC(C)CC3)CC2)c1OC. The highest BCUT2D eigenvalue weighted by molar-refractivity contribution is 5.79. The van der Waals surface area contributed by atoms with Crippen LogP contribution in [0.5, 0.6) is 11.5 Å². The van der Waals surface area contributed by atoms with E-state index in [-0.39, 0.29) is 5.92 Å². The average molecular weight is 360 g/mol. The van der Waals surface area contributed by atoms with E-state index in [0.29, 0.717) is 5.91 Å². The summed E-state index contributed by atoms with van der Waals surface area (Å²) in [6.45, 7) is 6.93. The van der Waals surface area contributed by atoms with Gasteiger partial charge in [0.05, 0.1) is 14.2 Å². The molecule has 0 aromatic heterocycles. The van der Waals surface area contributed by atoms with E-state index in [1.807, 2.05) is 12.1 Å². The smallest absolute Gasteiger partial charge is 0.225 e. The lowest BCUT2D eigenvalue weighted by molar-refractivity contribution is -0.138. The number of rotatable bonds is 5. The quantitative estimate of drug-likeness (QED) is 0.809. The van der Waals surface area contributed by atoms with Gasteiger partial charge in [0.1, 0.15) is 0 Å². The number of para-hydroxylation sites is 1. The molecule has 5 nitrogen and oxygen atoms in total. The van der Waals surface area contributed by atoms with E-state index >= 15 is 0 Å². The van der Waals surface area contributed by atoms with Crippen molar-refractivity contribution in [2.75, 3.05) is 40.4 Å². The third-order valence-corrected chi connectivity index (χ3v) is 5.91. The van der Waals surface area contributed by atoms with E-state index in [9.17, 15) is 4.79 Å². The number of piperidine rings is 2. The molecule has 3 rings (SSSR count). The van der Waals surface area contributed by atoms with Crippen LogP contribution >= 0.6 is 0 Å². The van der Waals surface area contributed by atoms with Crippen LogP contribution in [0.2, 0.25) is 0 Å². The van der Waals surface area contributed by atoms with Crippen LogP contribution < -0.4 is 9.47 Å². The monoisotopic (exact) mass is 360 g/mol. The molecule has 0 bridgehead atoms. The van der Waals surface area contributed by atoms with Gasteiger partial charge in [0.15, 0.2) is 11.5 Å². The Morgan fingerprint density at radius 1 is 1.04 bits per heavy atom. The number of carbonyl (C=O) groups excluding carboxylic acids is 1. The summed E-state index contributed by atoms with van der Waals surface area (Å²) in [4.78, 5) is 17.3. The van der Waals surface area contributed by atoms with Gasteiger partial charge in [0.2, 0.25) is 5.91 Å². The van der Waals surface area contributed by atoms with Gasteiger partial charge >= 0.3 is 0 Å². The first kappa shape index (κ1) is 19.0. The summed E-state index contributed by atoms with van der Waals surface area (Å²) in [6.07, 6.45) is 4.22. The zero-order valence-electron chi connectivity index (χ0n) is 16.4. The van der Waals surface area contributed by atoms with Gasteiger partial charge in [-0.15, -0.1) is 0 Å². The number of ether oxygens (including phenoxy) is 2. The minimum atomic E-state index is 0.201. The van der Waals surface area contributed by atoms with Gasteiger partial charge in [-0.25, -0.2) is 0 Å². The molecule has 26 heavy (non-hydrogen) atoms. The first-order valence-corrected chi connectivity index (χ1v) is 9.83. The number of benzene rings is 1. The minimum absolute atomic E-state index is 0.201. The van der Waals surface area contributed by atoms with Crippen LogP contribution in [0.25, 0.3) is 0 Å². The van der Waals surface area contributed by atoms with Crippen LogP contribution in [0.4, 0.5) is 0 Å². The van der Waals surface area contributed by atoms with Crippen LogP contribution in [0, 0.1) is 11.8 Å². The highest BCUT2D eigenvalue weighted by Crippen LogP contribution is 2.32. The molecular formula is C21H32N2O3. The molecule has 1 aromatic carbocycles. The van der Waals surface area contributed by atoms with Gasteiger partial charge in [-0.1, -0.05) is 19.1 Å². The minimum Gasteiger partial charge on any atom is -0.493 e. The summed E-state index contributed by atoms with van der Waals surface area (Å²) < 4.78 is 10.9. The summed E-state index contributed by atoms with van der Waals surface area (Å²) in [5.41, 5.74) is 1.14. The molecule has 2 fully saturated rings. The molecular weight excluding hydrogens is 328 g/mol. The largest absolute Gasteiger partial charge is 0.493 e. The molecule has 1 amide bonds. The highest BCUT2D eigenvalue weighted by Gasteiger charge is 2.30. The van der Waals surface area contributed by atoms with Crippen molar-refractivity contribution in [2.24, 2.45) is 11.8 Å². The Bertz CT molecular complexity index is 603. The molecule has 1 aromatic rings. The maximum atomic E-state index is 12.8. The number of carbonyl (C=O) groups is 1. The molecule has 0 aliphatic carbocycles. The van der Waals surface area contributed by atoms with Gasteiger partial charge in [-0.05, 0) is 50.8 Å². The van der Waals surface area contributed by atoms with Crippen LogP contribution in [-0.4, -0.2) is 56.1 Å². The van der Waals surface area contributed by atoms with Gasteiger partial charge in [0.25, 0.3) is 0 Å². The second-order valence-corrected chi connectivity index (χ2v) is 7.71. The van der Waals surface area contributed by atoms with E-state index in [4.69, 9.17) is 9.47 Å². The number of amides is 1. The Morgan fingerprint density at radius 2 is 1.73 bits per heavy atom. The topological polar surface area (TPSA) is 42.0 Å². The molecule has 0 unspecified atom stereocenters. The van der Waals surface area contributed by atoms with Crippen molar-refractivity contribution >= 4 is 5.91 Å². The van der Waals surface area contributed by atoms with Crippen molar-refractivity contribution in [2.45, 2.75) is 39.2 Å². The zero-order chi connectivity index (χ0) is 18.5. The molecule has 2 aliphatic rings. The lowest BCUT2D eigenvalue weighted by Gasteiger charge is -2.36. The van der Waals surface area contributed by atoms with Crippen molar-refractivity contribution in [1.29, 1.82) is 0 Å². The summed E-state index contributed by atoms with van der Waals surface area (Å²) in [7, 11) is 3.35. The van der Waals surface area contributed by atoms with Crippen molar-refractivity contribution in [3.05, 3.63) is 23.8 Å². The third-order valence-electron chi connectivity index (χ3n) is 5.91. The van der Waals surface area contributed by atoms with Crippen LogP contribution in [0.3, 0.4) is 0 Å². The Labute approximate surface area is 157 Å². The molecule has 0 atom stereocenters. The Hall–Kier alpha value is -1.75. The van der Waals surface area contributed by atoms with Crippen molar-refractivity contribution in [3.8, 4) is 11.5 Å². The molecule has 2 aliphatic heterocycles. The number of hydrogen-bond acceptors (Lipinski definition) is 4. The number of likely N-dealkylation sites (tertiary alicyclic amines) is 2. The fraction of sp³-hybridized carbons (Fsp3) is 0.667. The Balaban J connectivity index is 1.53. The number of methoxy groups -OCH3 is 2. The lowest BCUT2D eigenvalue weighted by atomic mass is 9.92. The van der Waals surface area contributed by atoms with E-state index < -0.39 is 0 Å². The molecule has 5 heteroatoms. The molecule has 0 spiro atoms. The standard InChI is InChI=1S/C21H32N2O3/c1-16-7-13-23(14-8-16)21(24)17-9-11-22(12-10-17)15-18-5-4-6-19(25-2)20(18)26-3/h4-6,16-17H,7-15H2,1-3H3. The molecule has 2 heterocycles. The maximum absolute atomic E-state index is 12.8. The highest BCUT2D eigenvalue weighted by atomic mass is 16.5. The average Bonchev–Trinajstić information content (AvgIpc) is 2.68. The van der Waals surface area contributed by atoms with Crippen LogP contribution in [0.15, 0.2) is 18.2 Å². The lowest BCUT2D eigenvalue weighted by Crippen LogP contribution is -2.45. The van der Waals surface area contributed by atoms with Crippen LogP contribution in [-0.2, 0) is 11.3 Å². The Kier molecular flexibility index (Phi) is 6.41. The second kappa shape index (κ2) is 8.76. The van der Waals surface area contributed by atoms with Crippen molar-refractivity contribution in [3.63, 3.8) is 0 Å². The molecule has 0 saturated carbocycles. The molecule has 0 N–H and O–H groups in total. The fourth-order valence-electron chi connectivity index (χ4n) is 4.14. The Morgan fingerprint density at radius 3 is 2.35 bits per heavy atom. The number of nitrogens with zero attached hydrogens (tertiary/aromatic N) is 2. The van der Waals surface area contributed by atoms with Crippen molar-refractivity contribution < 1.29 is 14.3 Å². The normalized spacial score (nSPS) is 20.2. The zero-order valence-corrected chi connectivity index (χ0v) is 16.4. The summed E-state index contributed by atoms with van der Waals surface area (Å²) in [5.74, 6) is 2.94. The first-order chi connectivity index (χ1) is 12.6. The van der Waals surface area contributed by atoms with Gasteiger partial charge in [-0.3, -0.25) is 9.69 Å².